The van der Waals surface area contributed by atoms with Gasteiger partial charge in [-0.2, -0.15) is 4.31 Å². The molecule has 0 bridgehead atoms. The molecule has 178 valence electrons. The van der Waals surface area contributed by atoms with Crippen molar-refractivity contribution < 1.29 is 27.4 Å². The summed E-state index contributed by atoms with van der Waals surface area (Å²) in [5.74, 6) is 0.872. The van der Waals surface area contributed by atoms with E-state index in [0.29, 0.717) is 30.4 Å². The monoisotopic (exact) mass is 482 g/mol. The van der Waals surface area contributed by atoms with Gasteiger partial charge in [0.05, 0.1) is 20.3 Å². The lowest BCUT2D eigenvalue weighted by Crippen LogP contribution is -2.27. The fourth-order valence-electron chi connectivity index (χ4n) is 3.56. The van der Waals surface area contributed by atoms with Crippen molar-refractivity contribution in [1.82, 2.24) is 4.31 Å². The maximum Gasteiger partial charge on any atom is 0.255 e. The van der Waals surface area contributed by atoms with Gasteiger partial charge in [0.15, 0.2) is 11.5 Å². The lowest BCUT2D eigenvalue weighted by atomic mass is 10.2. The van der Waals surface area contributed by atoms with Crippen LogP contribution >= 0.6 is 0 Å². The van der Waals surface area contributed by atoms with Crippen LogP contribution in [0.5, 0.6) is 17.2 Å². The van der Waals surface area contributed by atoms with E-state index in [-0.39, 0.29) is 22.8 Å². The van der Waals surface area contributed by atoms with Crippen LogP contribution in [0.15, 0.2) is 71.6 Å². The predicted octanol–water partition coefficient (Wildman–Crippen LogP) is 3.93. The maximum atomic E-state index is 13.3. The Morgan fingerprint density at radius 2 is 1.74 bits per heavy atom. The first-order valence-corrected chi connectivity index (χ1v) is 12.2. The summed E-state index contributed by atoms with van der Waals surface area (Å²) in [7, 11) is -1.05. The Kier molecular flexibility index (Phi) is 7.04. The number of fused-ring (bicyclic) bond motifs is 1. The highest BCUT2D eigenvalue weighted by Crippen LogP contribution is 2.33. The van der Waals surface area contributed by atoms with E-state index in [2.05, 4.69) is 5.32 Å². The molecule has 1 aliphatic rings. The standard InChI is InChI=1S/C25H26N2O6S/c1-27(17-18-7-4-3-5-8-18)34(29,30)24-15-19(9-11-22(24)31-2)25(28)26-20-10-12-21-23(16-20)33-14-6-13-32-21/h3-5,7-12,15-16H,6,13-14,17H2,1-2H3,(H,26,28). The zero-order valence-corrected chi connectivity index (χ0v) is 19.8. The van der Waals surface area contributed by atoms with E-state index < -0.39 is 15.9 Å². The first-order chi connectivity index (χ1) is 16.4. The number of hydrogen-bond acceptors (Lipinski definition) is 6. The van der Waals surface area contributed by atoms with Crippen LogP contribution < -0.4 is 19.5 Å². The number of ether oxygens (including phenoxy) is 3. The summed E-state index contributed by atoms with van der Waals surface area (Å²) in [6.45, 7) is 1.28. The zero-order chi connectivity index (χ0) is 24.1. The molecule has 4 rings (SSSR count). The number of carbonyl (C=O) groups is 1. The number of nitrogens with one attached hydrogen (secondary N) is 1. The van der Waals surface area contributed by atoms with Crippen LogP contribution in [0.2, 0.25) is 0 Å². The molecule has 0 unspecified atom stereocenters. The molecule has 3 aromatic rings. The SMILES string of the molecule is COc1ccc(C(=O)Nc2ccc3c(c2)OCCCO3)cc1S(=O)(=O)N(C)Cc1ccccc1. The maximum absolute atomic E-state index is 13.3. The van der Waals surface area contributed by atoms with E-state index in [1.807, 2.05) is 30.3 Å². The minimum Gasteiger partial charge on any atom is -0.495 e. The van der Waals surface area contributed by atoms with Crippen molar-refractivity contribution in [3.05, 3.63) is 77.9 Å². The number of nitrogens with zero attached hydrogens (tertiary/aromatic N) is 1. The van der Waals surface area contributed by atoms with Gasteiger partial charge in [-0.15, -0.1) is 0 Å². The van der Waals surface area contributed by atoms with Gasteiger partial charge in [0.25, 0.3) is 5.91 Å². The molecule has 1 heterocycles. The van der Waals surface area contributed by atoms with E-state index in [1.165, 1.54) is 36.7 Å². The van der Waals surface area contributed by atoms with Gasteiger partial charge in [-0.3, -0.25) is 4.79 Å². The van der Waals surface area contributed by atoms with Gasteiger partial charge in [0.2, 0.25) is 10.0 Å². The topological polar surface area (TPSA) is 94.2 Å². The summed E-state index contributed by atoms with van der Waals surface area (Å²) in [6.07, 6.45) is 0.776. The number of anilines is 1. The first kappa shape index (κ1) is 23.6. The second-order valence-electron chi connectivity index (χ2n) is 7.78. The van der Waals surface area contributed by atoms with E-state index in [1.54, 1.807) is 18.2 Å². The van der Waals surface area contributed by atoms with Crippen LogP contribution in [0.3, 0.4) is 0 Å². The summed E-state index contributed by atoms with van der Waals surface area (Å²) in [5.41, 5.74) is 1.53. The largest absolute Gasteiger partial charge is 0.495 e. The van der Waals surface area contributed by atoms with Gasteiger partial charge in [0, 0.05) is 37.3 Å². The Balaban J connectivity index is 1.58. The van der Waals surface area contributed by atoms with Gasteiger partial charge < -0.3 is 19.5 Å². The van der Waals surface area contributed by atoms with Gasteiger partial charge in [-0.25, -0.2) is 8.42 Å². The lowest BCUT2D eigenvalue weighted by Gasteiger charge is -2.19. The van der Waals surface area contributed by atoms with Crippen LogP contribution in [0.4, 0.5) is 5.69 Å². The minimum absolute atomic E-state index is 0.0836. The van der Waals surface area contributed by atoms with Crippen molar-refractivity contribution in [2.75, 3.05) is 32.7 Å². The summed E-state index contributed by atoms with van der Waals surface area (Å²) in [4.78, 5) is 12.9. The number of methoxy groups -OCH3 is 1. The van der Waals surface area contributed by atoms with Crippen LogP contribution in [0.25, 0.3) is 0 Å². The van der Waals surface area contributed by atoms with Crippen LogP contribution in [-0.2, 0) is 16.6 Å². The third-order valence-corrected chi connectivity index (χ3v) is 7.19. The summed E-state index contributed by atoms with van der Waals surface area (Å²) in [6, 6.07) is 18.7. The number of rotatable bonds is 7. The predicted molar refractivity (Wildman–Crippen MR) is 128 cm³/mol. The second-order valence-corrected chi connectivity index (χ2v) is 9.79. The molecular weight excluding hydrogens is 456 g/mol. The zero-order valence-electron chi connectivity index (χ0n) is 19.0. The number of hydrogen-bond donors (Lipinski definition) is 1. The third-order valence-electron chi connectivity index (χ3n) is 5.37. The van der Waals surface area contributed by atoms with Gasteiger partial charge in [-0.05, 0) is 35.9 Å². The fourth-order valence-corrected chi connectivity index (χ4v) is 4.89. The molecule has 0 aromatic heterocycles. The Hall–Kier alpha value is -3.56. The Labute approximate surface area is 199 Å². The highest BCUT2D eigenvalue weighted by molar-refractivity contribution is 7.89. The minimum atomic E-state index is -3.93. The van der Waals surface area contributed by atoms with Crippen molar-refractivity contribution in [3.63, 3.8) is 0 Å². The lowest BCUT2D eigenvalue weighted by molar-refractivity contribution is 0.102. The second kappa shape index (κ2) is 10.1. The Morgan fingerprint density at radius 1 is 1.00 bits per heavy atom. The molecule has 0 aliphatic carbocycles. The van der Waals surface area contributed by atoms with Gasteiger partial charge in [0.1, 0.15) is 10.6 Å². The average molecular weight is 483 g/mol. The molecule has 0 atom stereocenters. The van der Waals surface area contributed by atoms with E-state index in [9.17, 15) is 13.2 Å². The van der Waals surface area contributed by atoms with Gasteiger partial charge >= 0.3 is 0 Å². The van der Waals surface area contributed by atoms with Crippen LogP contribution in [0, 0.1) is 0 Å². The molecule has 34 heavy (non-hydrogen) atoms. The average Bonchev–Trinajstić information content (AvgIpc) is 3.09. The van der Waals surface area contributed by atoms with E-state index in [4.69, 9.17) is 14.2 Å². The number of sulfonamides is 1. The fraction of sp³-hybridized carbons (Fsp3) is 0.240. The molecule has 1 aliphatic heterocycles. The van der Waals surface area contributed by atoms with Crippen LogP contribution in [0.1, 0.15) is 22.3 Å². The number of benzene rings is 3. The summed E-state index contributed by atoms with van der Waals surface area (Å²) < 4.78 is 44.5. The smallest absolute Gasteiger partial charge is 0.255 e. The number of carbonyl (C=O) groups excluding carboxylic acids is 1. The number of amides is 1. The van der Waals surface area contributed by atoms with Crippen molar-refractivity contribution in [2.24, 2.45) is 0 Å². The van der Waals surface area contributed by atoms with Gasteiger partial charge in [-0.1, -0.05) is 30.3 Å². The molecular formula is C25H26N2O6S. The molecule has 1 amide bonds. The molecule has 0 saturated carbocycles. The van der Waals surface area contributed by atoms with Crippen LogP contribution in [-0.4, -0.2) is 46.0 Å². The van der Waals surface area contributed by atoms with Crippen molar-refractivity contribution >= 4 is 21.6 Å². The molecule has 0 spiro atoms. The highest BCUT2D eigenvalue weighted by Gasteiger charge is 2.26. The van der Waals surface area contributed by atoms with Crippen molar-refractivity contribution in [3.8, 4) is 17.2 Å². The molecule has 0 radical (unpaired) electrons. The normalized spacial score (nSPS) is 13.3. The molecule has 3 aromatic carbocycles. The van der Waals surface area contributed by atoms with Crippen molar-refractivity contribution in [1.29, 1.82) is 0 Å². The van der Waals surface area contributed by atoms with Crippen molar-refractivity contribution in [2.45, 2.75) is 17.9 Å². The first-order valence-electron chi connectivity index (χ1n) is 10.8. The Bertz CT molecular complexity index is 1280. The van der Waals surface area contributed by atoms with E-state index >= 15 is 0 Å². The van der Waals surface area contributed by atoms with E-state index in [0.717, 1.165) is 12.0 Å². The molecule has 8 nitrogen and oxygen atoms in total. The Morgan fingerprint density at radius 3 is 2.47 bits per heavy atom. The molecule has 0 fully saturated rings. The quantitative estimate of drug-likeness (QED) is 0.548. The summed E-state index contributed by atoms with van der Waals surface area (Å²) >= 11 is 0. The molecule has 9 heteroatoms. The molecule has 1 N–H and O–H groups in total. The summed E-state index contributed by atoms with van der Waals surface area (Å²) in [5, 5.41) is 2.79. The third kappa shape index (κ3) is 5.16. The molecule has 0 saturated heterocycles. The highest BCUT2D eigenvalue weighted by atomic mass is 32.2.